The van der Waals surface area contributed by atoms with Gasteiger partial charge in [0.2, 0.25) is 11.5 Å². The van der Waals surface area contributed by atoms with Crippen molar-refractivity contribution in [2.24, 2.45) is 5.73 Å². The van der Waals surface area contributed by atoms with Crippen LogP contribution in [0.2, 0.25) is 0 Å². The molecular weight excluding hydrogens is 510 g/mol. The minimum absolute atomic E-state index is 0.0753. The van der Waals surface area contributed by atoms with E-state index in [0.29, 0.717) is 48.7 Å². The lowest BCUT2D eigenvalue weighted by Crippen LogP contribution is -2.60. The number of carbonyl (C=O) groups is 3. The molecule has 39 heavy (non-hydrogen) atoms. The summed E-state index contributed by atoms with van der Waals surface area (Å²) in [6.45, 7) is 7.12. The number of methoxy groups -OCH3 is 1. The quantitative estimate of drug-likeness (QED) is 0.326. The highest BCUT2D eigenvalue weighted by Gasteiger charge is 2.49. The second-order valence-electron chi connectivity index (χ2n) is 9.36. The number of carbonyl (C=O) groups excluding carboxylic acids is 3. The molecule has 1 atom stereocenters. The zero-order chi connectivity index (χ0) is 28.3. The number of amides is 1. The molecule has 13 heteroatoms. The number of hydrogen-bond donors (Lipinski definition) is 2. The number of benzene rings is 1. The van der Waals surface area contributed by atoms with Gasteiger partial charge in [0, 0.05) is 30.6 Å². The van der Waals surface area contributed by atoms with E-state index in [0.717, 1.165) is 5.57 Å². The first kappa shape index (κ1) is 28.0. The summed E-state index contributed by atoms with van der Waals surface area (Å²) in [5.41, 5.74) is 6.54. The molecule has 4 rings (SSSR count). The Kier molecular flexibility index (Phi) is 8.21. The number of aromatic hydroxyl groups is 1. The SMILES string of the molecule is CCOC(=O)C(CC(C)=CCc1c(O)c2c(c(C)c1OC)COC2=O)(N1CCOCC1)n1cnc(C(N)=O)n1. The normalized spacial score (nSPS) is 17.3. The number of morpholine rings is 1. The Labute approximate surface area is 225 Å². The van der Waals surface area contributed by atoms with Crippen LogP contribution >= 0.6 is 0 Å². The van der Waals surface area contributed by atoms with E-state index < -0.39 is 23.5 Å². The van der Waals surface area contributed by atoms with Gasteiger partial charge >= 0.3 is 11.9 Å². The highest BCUT2D eigenvalue weighted by molar-refractivity contribution is 5.98. The van der Waals surface area contributed by atoms with Gasteiger partial charge in [0.05, 0.1) is 26.9 Å². The molecule has 1 aromatic heterocycles. The third-order valence-electron chi connectivity index (χ3n) is 7.06. The van der Waals surface area contributed by atoms with E-state index in [9.17, 15) is 19.5 Å². The molecule has 2 aliphatic heterocycles. The molecule has 2 aliphatic rings. The molecule has 1 aromatic carbocycles. The van der Waals surface area contributed by atoms with Gasteiger partial charge < -0.3 is 29.8 Å². The largest absolute Gasteiger partial charge is 0.507 e. The fourth-order valence-electron chi connectivity index (χ4n) is 5.13. The zero-order valence-corrected chi connectivity index (χ0v) is 22.5. The van der Waals surface area contributed by atoms with Gasteiger partial charge in [-0.2, -0.15) is 0 Å². The third kappa shape index (κ3) is 5.06. The molecule has 0 saturated carbocycles. The minimum Gasteiger partial charge on any atom is -0.507 e. The second kappa shape index (κ2) is 11.4. The molecule has 3 N–H and O–H groups in total. The lowest BCUT2D eigenvalue weighted by atomic mass is 9.93. The van der Waals surface area contributed by atoms with Crippen molar-refractivity contribution in [1.29, 1.82) is 0 Å². The number of nitrogens with zero attached hydrogens (tertiary/aromatic N) is 4. The molecule has 1 fully saturated rings. The standard InChI is InChI=1S/C26H33N5O8/c1-5-38-25(35)26(30-8-10-37-11-9-30,31-14-28-23(29-31)22(27)33)12-15(2)6-7-17-20(32)19-18(13-39-24(19)34)16(3)21(17)36-4/h6,14,32H,5,7-13H2,1-4H3,(H2,27,33). The van der Waals surface area contributed by atoms with Crippen molar-refractivity contribution in [2.45, 2.75) is 45.9 Å². The summed E-state index contributed by atoms with van der Waals surface area (Å²) in [7, 11) is 1.50. The predicted octanol–water partition coefficient (Wildman–Crippen LogP) is 1.20. The third-order valence-corrected chi connectivity index (χ3v) is 7.06. The molecule has 1 amide bonds. The number of fused-ring (bicyclic) bond motifs is 1. The van der Waals surface area contributed by atoms with E-state index >= 15 is 0 Å². The average Bonchev–Trinajstić information content (AvgIpc) is 3.57. The van der Waals surface area contributed by atoms with Crippen LogP contribution in [0, 0.1) is 6.92 Å². The Morgan fingerprint density at radius 3 is 2.64 bits per heavy atom. The highest BCUT2D eigenvalue weighted by Crippen LogP contribution is 2.42. The number of cyclic esters (lactones) is 1. The van der Waals surface area contributed by atoms with Crippen molar-refractivity contribution in [3.8, 4) is 11.5 Å². The Hall–Kier alpha value is -3.97. The zero-order valence-electron chi connectivity index (χ0n) is 22.5. The fraction of sp³-hybridized carbons (Fsp3) is 0.500. The van der Waals surface area contributed by atoms with E-state index in [1.54, 1.807) is 6.92 Å². The Morgan fingerprint density at radius 2 is 2.03 bits per heavy atom. The van der Waals surface area contributed by atoms with E-state index in [4.69, 9.17) is 24.7 Å². The molecular formula is C26H33N5O8. The number of primary amides is 1. The second-order valence-corrected chi connectivity index (χ2v) is 9.36. The topological polar surface area (TPSA) is 168 Å². The van der Waals surface area contributed by atoms with Crippen LogP contribution < -0.4 is 10.5 Å². The van der Waals surface area contributed by atoms with Gasteiger partial charge in [0.25, 0.3) is 5.91 Å². The van der Waals surface area contributed by atoms with Gasteiger partial charge in [-0.05, 0) is 32.8 Å². The molecule has 0 bridgehead atoms. The van der Waals surface area contributed by atoms with Crippen molar-refractivity contribution in [2.75, 3.05) is 40.0 Å². The van der Waals surface area contributed by atoms with Gasteiger partial charge in [-0.15, -0.1) is 5.10 Å². The van der Waals surface area contributed by atoms with E-state index in [-0.39, 0.29) is 43.2 Å². The molecule has 1 unspecified atom stereocenters. The fourth-order valence-corrected chi connectivity index (χ4v) is 5.13. The number of phenols is 1. The molecule has 3 heterocycles. The van der Waals surface area contributed by atoms with Crippen LogP contribution in [0.25, 0.3) is 0 Å². The van der Waals surface area contributed by atoms with Gasteiger partial charge in [0.1, 0.15) is 30.0 Å². The summed E-state index contributed by atoms with van der Waals surface area (Å²) in [6, 6.07) is 0. The van der Waals surface area contributed by atoms with Gasteiger partial charge in [0.15, 0.2) is 0 Å². The van der Waals surface area contributed by atoms with Crippen LogP contribution in [0.5, 0.6) is 11.5 Å². The summed E-state index contributed by atoms with van der Waals surface area (Å²) in [5, 5.41) is 15.2. The maximum Gasteiger partial charge on any atom is 0.349 e. The molecule has 2 aromatic rings. The lowest BCUT2D eigenvalue weighted by molar-refractivity contribution is -0.173. The smallest absolute Gasteiger partial charge is 0.349 e. The Morgan fingerprint density at radius 1 is 1.31 bits per heavy atom. The Bertz CT molecular complexity index is 1310. The summed E-state index contributed by atoms with van der Waals surface area (Å²) < 4.78 is 23.1. The van der Waals surface area contributed by atoms with Crippen molar-refractivity contribution in [3.63, 3.8) is 0 Å². The first-order chi connectivity index (χ1) is 18.6. The first-order valence-corrected chi connectivity index (χ1v) is 12.6. The number of aromatic nitrogens is 3. The predicted molar refractivity (Wildman–Crippen MR) is 136 cm³/mol. The van der Waals surface area contributed by atoms with Crippen LogP contribution in [0.4, 0.5) is 0 Å². The molecule has 0 aliphatic carbocycles. The number of phenolic OH excluding ortho intramolecular Hbond substituents is 1. The molecule has 0 radical (unpaired) electrons. The number of ether oxygens (including phenoxy) is 4. The van der Waals surface area contributed by atoms with Gasteiger partial charge in [-0.1, -0.05) is 11.6 Å². The summed E-state index contributed by atoms with van der Waals surface area (Å²) in [5.74, 6) is -1.94. The molecule has 210 valence electrons. The van der Waals surface area contributed by atoms with E-state index in [1.807, 2.05) is 24.8 Å². The van der Waals surface area contributed by atoms with Crippen LogP contribution in [0.3, 0.4) is 0 Å². The number of rotatable bonds is 10. The monoisotopic (exact) mass is 543 g/mol. The Balaban J connectivity index is 1.76. The molecule has 0 spiro atoms. The molecule has 1 saturated heterocycles. The van der Waals surface area contributed by atoms with E-state index in [1.165, 1.54) is 18.1 Å². The van der Waals surface area contributed by atoms with Gasteiger partial charge in [-0.3, -0.25) is 9.69 Å². The van der Waals surface area contributed by atoms with Crippen LogP contribution in [0.1, 0.15) is 57.9 Å². The average molecular weight is 544 g/mol. The van der Waals surface area contributed by atoms with Crippen molar-refractivity contribution < 1.29 is 38.4 Å². The minimum atomic E-state index is -1.48. The maximum atomic E-state index is 13.7. The number of nitrogens with two attached hydrogens (primary N) is 1. The maximum absolute atomic E-state index is 13.7. The van der Waals surface area contributed by atoms with Crippen molar-refractivity contribution in [1.82, 2.24) is 19.7 Å². The van der Waals surface area contributed by atoms with Gasteiger partial charge in [-0.25, -0.2) is 19.3 Å². The number of esters is 2. The van der Waals surface area contributed by atoms with Crippen LogP contribution in [0.15, 0.2) is 18.0 Å². The van der Waals surface area contributed by atoms with Crippen LogP contribution in [-0.2, 0) is 37.7 Å². The summed E-state index contributed by atoms with van der Waals surface area (Å²) in [4.78, 5) is 43.6. The number of allylic oxidation sites excluding steroid dienone is 1. The molecule has 13 nitrogen and oxygen atoms in total. The lowest BCUT2D eigenvalue weighted by Gasteiger charge is -2.43. The highest BCUT2D eigenvalue weighted by atomic mass is 16.5. The summed E-state index contributed by atoms with van der Waals surface area (Å²) >= 11 is 0. The van der Waals surface area contributed by atoms with Crippen molar-refractivity contribution >= 4 is 17.8 Å². The summed E-state index contributed by atoms with van der Waals surface area (Å²) in [6.07, 6.45) is 3.45. The first-order valence-electron chi connectivity index (χ1n) is 12.6. The number of hydrogen-bond acceptors (Lipinski definition) is 11. The van der Waals surface area contributed by atoms with Crippen LogP contribution in [-0.4, -0.2) is 82.6 Å². The van der Waals surface area contributed by atoms with Crippen molar-refractivity contribution in [3.05, 3.63) is 46.1 Å². The van der Waals surface area contributed by atoms with E-state index in [2.05, 4.69) is 10.1 Å².